The Balaban J connectivity index is 1.45. The van der Waals surface area contributed by atoms with E-state index in [0.717, 1.165) is 0 Å². The van der Waals surface area contributed by atoms with E-state index in [1.165, 1.54) is 11.2 Å². The molecule has 0 bridgehead atoms. The van der Waals surface area contributed by atoms with E-state index in [1.807, 2.05) is 6.07 Å². The number of pyridine rings is 1. The minimum atomic E-state index is -3.44. The minimum Gasteiger partial charge on any atom is -0.366 e. The van der Waals surface area contributed by atoms with Crippen molar-refractivity contribution < 1.29 is 41.3 Å². The molecule has 220 valence electrons. The molecule has 40 heavy (non-hydrogen) atoms. The number of fused-ring (bicyclic) bond motifs is 2. The maximum absolute atomic E-state index is 14.1. The number of hydrogen-bond acceptors (Lipinski definition) is 11. The highest BCUT2D eigenvalue weighted by Gasteiger charge is 2.56. The van der Waals surface area contributed by atoms with Crippen LogP contribution < -0.4 is 4.90 Å². The summed E-state index contributed by atoms with van der Waals surface area (Å²) >= 11 is 6.39. The van der Waals surface area contributed by atoms with Gasteiger partial charge in [-0.2, -0.15) is 5.26 Å². The van der Waals surface area contributed by atoms with Crippen molar-refractivity contribution in [2.45, 2.75) is 70.4 Å². The maximum Gasteiger partial charge on any atom is 0.356 e. The van der Waals surface area contributed by atoms with Crippen LogP contribution in [0.4, 0.5) is 14.5 Å². The Morgan fingerprint density at radius 1 is 1.20 bits per heavy atom. The molecular weight excluding hydrogens is 575 g/mol. The lowest BCUT2D eigenvalue weighted by molar-refractivity contribution is -0.201. The van der Waals surface area contributed by atoms with E-state index in [9.17, 15) is 18.6 Å². The van der Waals surface area contributed by atoms with Gasteiger partial charge in [0, 0.05) is 0 Å². The van der Waals surface area contributed by atoms with Crippen molar-refractivity contribution in [1.82, 2.24) is 14.5 Å². The van der Waals surface area contributed by atoms with Gasteiger partial charge in [-0.1, -0.05) is 11.6 Å². The molecule has 3 aliphatic heterocycles. The van der Waals surface area contributed by atoms with Gasteiger partial charge in [-0.05, 0) is 27.7 Å². The number of aromatic nitrogens is 3. The molecule has 0 radical (unpaired) electrons. The summed E-state index contributed by atoms with van der Waals surface area (Å²) in [4.78, 5) is 10.2. The van der Waals surface area contributed by atoms with Gasteiger partial charge >= 0.3 is 7.60 Å². The van der Waals surface area contributed by atoms with E-state index in [0.29, 0.717) is 0 Å². The van der Waals surface area contributed by atoms with Gasteiger partial charge in [-0.3, -0.25) is 9.13 Å². The van der Waals surface area contributed by atoms with Crippen LogP contribution in [0.5, 0.6) is 0 Å². The number of halogens is 3. The van der Waals surface area contributed by atoms with Crippen molar-refractivity contribution in [3.8, 4) is 6.07 Å². The topological polar surface area (TPSA) is 130 Å². The van der Waals surface area contributed by atoms with Gasteiger partial charge in [-0.15, -0.1) is 0 Å². The number of imidazole rings is 1. The largest absolute Gasteiger partial charge is 0.366 e. The average Bonchev–Trinajstić information content (AvgIpc) is 3.61. The Morgan fingerprint density at radius 2 is 1.85 bits per heavy atom. The summed E-state index contributed by atoms with van der Waals surface area (Å²) in [6.45, 7) is 6.86. The summed E-state index contributed by atoms with van der Waals surface area (Å²) in [5.41, 5.74) is 0.675. The summed E-state index contributed by atoms with van der Waals surface area (Å²) in [6.07, 6.45) is -4.87. The van der Waals surface area contributed by atoms with Crippen molar-refractivity contribution in [1.29, 1.82) is 5.26 Å². The summed E-state index contributed by atoms with van der Waals surface area (Å²) in [5, 5.41) is 9.62. The Morgan fingerprint density at radius 3 is 2.48 bits per heavy atom. The van der Waals surface area contributed by atoms with Gasteiger partial charge in [0.2, 0.25) is 0 Å². The van der Waals surface area contributed by atoms with Crippen LogP contribution in [0.3, 0.4) is 0 Å². The maximum atomic E-state index is 14.1. The zero-order valence-electron chi connectivity index (χ0n) is 22.5. The predicted molar refractivity (Wildman–Crippen MR) is 139 cm³/mol. The second-order valence-corrected chi connectivity index (χ2v) is 12.4. The van der Waals surface area contributed by atoms with Crippen LogP contribution in [-0.4, -0.2) is 90.2 Å². The Kier molecular flexibility index (Phi) is 8.40. The average molecular weight is 606 g/mol. The molecule has 0 amide bonds. The molecule has 3 fully saturated rings. The molecule has 16 heteroatoms. The number of nitriles is 1. The van der Waals surface area contributed by atoms with Crippen LogP contribution in [0.2, 0.25) is 5.15 Å². The molecule has 2 aromatic rings. The van der Waals surface area contributed by atoms with E-state index < -0.39 is 50.3 Å². The first kappa shape index (κ1) is 29.5. The quantitative estimate of drug-likeness (QED) is 0.286. The summed E-state index contributed by atoms with van der Waals surface area (Å²) in [5.74, 6) is -0.941. The van der Waals surface area contributed by atoms with Gasteiger partial charge in [0.15, 0.2) is 35.2 Å². The number of alkyl halides is 2. The molecule has 3 aliphatic rings. The highest BCUT2D eigenvalue weighted by Crippen LogP contribution is 2.49. The third kappa shape index (κ3) is 5.46. The summed E-state index contributed by atoms with van der Waals surface area (Å²) in [6, 6.07) is 1.98. The van der Waals surface area contributed by atoms with Crippen LogP contribution in [0.15, 0.2) is 6.33 Å². The molecule has 0 unspecified atom stereocenters. The molecule has 0 aromatic carbocycles. The zero-order chi connectivity index (χ0) is 28.8. The first-order valence-electron chi connectivity index (χ1n) is 13.0. The van der Waals surface area contributed by atoms with Crippen molar-refractivity contribution in [3.63, 3.8) is 0 Å². The van der Waals surface area contributed by atoms with Crippen LogP contribution in [-0.2, 0) is 32.6 Å². The van der Waals surface area contributed by atoms with Crippen LogP contribution in [0.1, 0.15) is 39.5 Å². The lowest BCUT2D eigenvalue weighted by atomic mass is 10.1. The first-order valence-corrected chi connectivity index (χ1v) is 15.1. The van der Waals surface area contributed by atoms with Gasteiger partial charge < -0.3 is 32.9 Å². The van der Waals surface area contributed by atoms with E-state index in [-0.39, 0.29) is 66.8 Å². The molecule has 0 saturated carbocycles. The number of anilines is 1. The smallest absolute Gasteiger partial charge is 0.356 e. The highest BCUT2D eigenvalue weighted by molar-refractivity contribution is 7.53. The Hall–Kier alpha value is -1.95. The number of rotatable bonds is 10. The van der Waals surface area contributed by atoms with Gasteiger partial charge in [0.05, 0.1) is 44.9 Å². The van der Waals surface area contributed by atoms with Crippen molar-refractivity contribution in [3.05, 3.63) is 17.0 Å². The SMILES string of the molecule is CCOP(=O)(COC[C@H]1O[C@@H](n2cnc3c(N4C[C@@H](F)[C@@H](F)C4)c(C#N)c(Cl)nc32)[C@@H]2OC(C)(C)O[C@@H]21)OCC. The molecule has 3 saturated heterocycles. The molecule has 6 atom stereocenters. The zero-order valence-corrected chi connectivity index (χ0v) is 24.1. The standard InChI is InChI=1S/C24H31ClF2N5O7P/c1-5-35-40(33,36-6-2)12-34-10-16-19-20(39-24(3,4)38-19)23(37-16)32-11-29-17-18(31-8-14(26)15(27)9-31)13(7-28)21(25)30-22(17)32/h11,14-16,19-20,23H,5-6,8-10,12H2,1-4H3/t14-,15+,16-,19-,20-,23-/m1/s1. The second kappa shape index (κ2) is 11.4. The van der Waals surface area contributed by atoms with Crippen LogP contribution in [0.25, 0.3) is 11.2 Å². The van der Waals surface area contributed by atoms with Gasteiger partial charge in [0.25, 0.3) is 0 Å². The molecular formula is C24H31ClF2N5O7P. The van der Waals surface area contributed by atoms with E-state index in [1.54, 1.807) is 32.3 Å². The van der Waals surface area contributed by atoms with Crippen LogP contribution in [0, 0.1) is 11.3 Å². The highest BCUT2D eigenvalue weighted by atomic mass is 35.5. The fourth-order valence-corrected chi connectivity index (χ4v) is 6.85. The molecule has 0 spiro atoms. The minimum absolute atomic E-state index is 0.00452. The van der Waals surface area contributed by atoms with Crippen molar-refractivity contribution in [2.75, 3.05) is 44.2 Å². The third-order valence-electron chi connectivity index (χ3n) is 6.83. The molecule has 0 aliphatic carbocycles. The fourth-order valence-electron chi connectivity index (χ4n) is 5.30. The molecule has 0 N–H and O–H groups in total. The van der Waals surface area contributed by atoms with Gasteiger partial charge in [0.1, 0.15) is 41.8 Å². The number of nitrogens with zero attached hydrogens (tertiary/aromatic N) is 5. The molecule has 12 nitrogen and oxygen atoms in total. The number of ether oxygens (including phenoxy) is 4. The van der Waals surface area contributed by atoms with Crippen molar-refractivity contribution in [2.24, 2.45) is 0 Å². The van der Waals surface area contributed by atoms with E-state index in [2.05, 4.69) is 9.97 Å². The summed E-state index contributed by atoms with van der Waals surface area (Å²) < 4.78 is 77.5. The lowest BCUT2D eigenvalue weighted by Crippen LogP contribution is -2.33. The fraction of sp³-hybridized carbons (Fsp3) is 0.708. The molecule has 5 heterocycles. The molecule has 2 aromatic heterocycles. The normalized spacial score (nSPS) is 29.8. The molecule has 5 rings (SSSR count). The predicted octanol–water partition coefficient (Wildman–Crippen LogP) is 4.11. The lowest BCUT2D eigenvalue weighted by Gasteiger charge is -2.25. The number of hydrogen-bond donors (Lipinski definition) is 0. The Bertz CT molecular complexity index is 1320. The van der Waals surface area contributed by atoms with Crippen LogP contribution >= 0.6 is 19.2 Å². The van der Waals surface area contributed by atoms with E-state index >= 15 is 0 Å². The third-order valence-corrected chi connectivity index (χ3v) is 8.91. The Labute approximate surface area is 234 Å². The monoisotopic (exact) mass is 605 g/mol. The van der Waals surface area contributed by atoms with Crippen molar-refractivity contribution >= 4 is 36.0 Å². The summed E-state index contributed by atoms with van der Waals surface area (Å²) in [7, 11) is -3.44. The second-order valence-electron chi connectivity index (χ2n) is 10.1. The van der Waals surface area contributed by atoms with E-state index in [4.69, 9.17) is 39.6 Å². The first-order chi connectivity index (χ1) is 19.0. The van der Waals surface area contributed by atoms with Gasteiger partial charge in [-0.25, -0.2) is 18.7 Å².